The number of nitrogens with zero attached hydrogens (tertiary/aromatic N) is 2. The summed E-state index contributed by atoms with van der Waals surface area (Å²) < 4.78 is 0. The second-order valence-electron chi connectivity index (χ2n) is 17.6. The SMILES string of the molecule is Cc1cc2c3c(c1)N(c1c(C)cccc1C)c1ccc(S(c4ccccc4)(c4ccccc4)c4ccccc4)cc1B3c1cc(C(C)C)ccc1N2c1ccc(C(C)C)cc1. The van der Waals surface area contributed by atoms with E-state index in [4.69, 9.17) is 0 Å². The van der Waals surface area contributed by atoms with Crippen LogP contribution in [0.1, 0.15) is 67.3 Å². The molecular formula is C57H53BN2S. The van der Waals surface area contributed by atoms with Gasteiger partial charge in [0.1, 0.15) is 0 Å². The van der Waals surface area contributed by atoms with Gasteiger partial charge in [-0.05, 0) is 156 Å². The molecule has 2 heterocycles. The maximum atomic E-state index is 2.62. The molecule has 61 heavy (non-hydrogen) atoms. The van der Waals surface area contributed by atoms with Crippen molar-refractivity contribution in [3.05, 3.63) is 210 Å². The molecule has 8 aromatic rings. The largest absolute Gasteiger partial charge is 0.311 e. The van der Waals surface area contributed by atoms with Gasteiger partial charge in [0.15, 0.2) is 0 Å². The number of hydrogen-bond donors (Lipinski definition) is 0. The minimum atomic E-state index is -1.94. The standard InChI is InChI=1S/C57H53BN2S/c1-38(2)43-26-29-45(30-27-43)59-52-32-28-44(39(3)4)36-50(52)58-51-37-49(61(46-20-11-8-12-21-46,47-22-13-9-14-23-47)48-24-15-10-16-25-48)31-33-53(51)60(57-41(6)18-17-19-42(57)7)55-35-40(5)34-54(59)56(55)58/h8-39H,1-7H3. The average Bonchev–Trinajstić information content (AvgIpc) is 3.28. The van der Waals surface area contributed by atoms with E-state index in [9.17, 15) is 0 Å². The van der Waals surface area contributed by atoms with Crippen LogP contribution in [-0.4, -0.2) is 6.71 Å². The summed E-state index contributed by atoms with van der Waals surface area (Å²) in [5, 5.41) is 0. The molecule has 0 unspecified atom stereocenters. The molecule has 0 fully saturated rings. The van der Waals surface area contributed by atoms with Crippen LogP contribution in [0.4, 0.5) is 34.1 Å². The normalized spacial score (nSPS) is 13.3. The Morgan fingerprint density at radius 2 is 0.885 bits per heavy atom. The van der Waals surface area contributed by atoms with Crippen molar-refractivity contribution < 1.29 is 0 Å². The molecule has 8 aromatic carbocycles. The zero-order valence-corrected chi connectivity index (χ0v) is 37.2. The van der Waals surface area contributed by atoms with Crippen molar-refractivity contribution in [1.82, 2.24) is 0 Å². The molecule has 0 amide bonds. The molecule has 0 aromatic heterocycles. The molecular weight excluding hydrogens is 756 g/mol. The van der Waals surface area contributed by atoms with Gasteiger partial charge in [0.2, 0.25) is 0 Å². The third kappa shape index (κ3) is 6.26. The molecule has 0 N–H and O–H groups in total. The van der Waals surface area contributed by atoms with E-state index in [1.54, 1.807) is 0 Å². The van der Waals surface area contributed by atoms with Crippen LogP contribution >= 0.6 is 10.0 Å². The van der Waals surface area contributed by atoms with E-state index in [0.29, 0.717) is 11.8 Å². The van der Waals surface area contributed by atoms with Crippen molar-refractivity contribution in [2.45, 2.75) is 79.9 Å². The van der Waals surface area contributed by atoms with Crippen LogP contribution in [0.2, 0.25) is 0 Å². The monoisotopic (exact) mass is 808 g/mol. The lowest BCUT2D eigenvalue weighted by Gasteiger charge is -2.46. The van der Waals surface area contributed by atoms with Crippen molar-refractivity contribution in [3.8, 4) is 0 Å². The highest BCUT2D eigenvalue weighted by Gasteiger charge is 2.45. The Kier molecular flexibility index (Phi) is 9.80. The quantitative estimate of drug-likeness (QED) is 0.141. The highest BCUT2D eigenvalue weighted by atomic mass is 32.3. The minimum absolute atomic E-state index is 0.000400. The summed E-state index contributed by atoms with van der Waals surface area (Å²) in [5.74, 6) is 0.843. The number of anilines is 6. The lowest BCUT2D eigenvalue weighted by Crippen LogP contribution is -2.61. The third-order valence-corrected chi connectivity index (χ3v) is 16.9. The summed E-state index contributed by atoms with van der Waals surface area (Å²) in [6.07, 6.45) is 0. The second kappa shape index (κ2) is 15.4. The highest BCUT2D eigenvalue weighted by Crippen LogP contribution is 2.73. The van der Waals surface area contributed by atoms with Gasteiger partial charge in [-0.2, -0.15) is 0 Å². The Morgan fingerprint density at radius 1 is 0.410 bits per heavy atom. The summed E-state index contributed by atoms with van der Waals surface area (Å²) in [7, 11) is -1.94. The first kappa shape index (κ1) is 38.9. The molecule has 0 aliphatic carbocycles. The zero-order valence-electron chi connectivity index (χ0n) is 36.4. The Labute approximate surface area is 365 Å². The predicted molar refractivity (Wildman–Crippen MR) is 263 cm³/mol. The number of hydrogen-bond acceptors (Lipinski definition) is 2. The molecule has 0 bridgehead atoms. The van der Waals surface area contributed by atoms with Gasteiger partial charge < -0.3 is 9.80 Å². The van der Waals surface area contributed by atoms with Gasteiger partial charge in [-0.3, -0.25) is 0 Å². The molecule has 0 atom stereocenters. The molecule has 0 saturated carbocycles. The van der Waals surface area contributed by atoms with Crippen LogP contribution in [0, 0.1) is 20.8 Å². The minimum Gasteiger partial charge on any atom is -0.311 e. The smallest absolute Gasteiger partial charge is 0.252 e. The van der Waals surface area contributed by atoms with Crippen LogP contribution in [0.5, 0.6) is 0 Å². The molecule has 2 aliphatic heterocycles. The maximum absolute atomic E-state index is 2.62. The second-order valence-corrected chi connectivity index (χ2v) is 20.7. The van der Waals surface area contributed by atoms with Crippen molar-refractivity contribution in [1.29, 1.82) is 0 Å². The summed E-state index contributed by atoms with van der Waals surface area (Å²) in [5.41, 5.74) is 18.0. The van der Waals surface area contributed by atoms with Gasteiger partial charge in [0, 0.05) is 48.0 Å². The van der Waals surface area contributed by atoms with Crippen molar-refractivity contribution >= 4 is 67.3 Å². The first-order chi connectivity index (χ1) is 29.7. The van der Waals surface area contributed by atoms with Gasteiger partial charge in [0.25, 0.3) is 6.71 Å². The van der Waals surface area contributed by atoms with Gasteiger partial charge in [-0.15, -0.1) is 10.0 Å². The summed E-state index contributed by atoms with van der Waals surface area (Å²) in [4.78, 5) is 10.5. The van der Waals surface area contributed by atoms with Crippen molar-refractivity contribution in [2.75, 3.05) is 9.80 Å². The van der Waals surface area contributed by atoms with Crippen molar-refractivity contribution in [2.24, 2.45) is 0 Å². The fourth-order valence-corrected chi connectivity index (χ4v) is 14.0. The van der Waals surface area contributed by atoms with Gasteiger partial charge in [0.05, 0.1) is 5.69 Å². The van der Waals surface area contributed by atoms with Gasteiger partial charge >= 0.3 is 0 Å². The number of benzene rings is 8. The molecule has 0 radical (unpaired) electrons. The molecule has 4 heteroatoms. The average molecular weight is 809 g/mol. The summed E-state index contributed by atoms with van der Waals surface area (Å²) in [6.45, 7) is 16.0. The van der Waals surface area contributed by atoms with Crippen LogP contribution in [-0.2, 0) is 0 Å². The van der Waals surface area contributed by atoms with E-state index >= 15 is 0 Å². The van der Waals surface area contributed by atoms with E-state index < -0.39 is 10.0 Å². The van der Waals surface area contributed by atoms with E-state index in [-0.39, 0.29) is 6.71 Å². The number of aryl methyl sites for hydroxylation is 3. The van der Waals surface area contributed by atoms with Crippen LogP contribution < -0.4 is 26.2 Å². The first-order valence-corrected chi connectivity index (χ1v) is 23.5. The Morgan fingerprint density at radius 3 is 1.43 bits per heavy atom. The molecule has 0 spiro atoms. The van der Waals surface area contributed by atoms with Crippen LogP contribution in [0.25, 0.3) is 0 Å². The number of fused-ring (bicyclic) bond motifs is 4. The molecule has 300 valence electrons. The number of rotatable bonds is 8. The first-order valence-electron chi connectivity index (χ1n) is 21.8. The Hall–Kier alpha value is -6.23. The van der Waals surface area contributed by atoms with E-state index in [1.807, 2.05) is 0 Å². The van der Waals surface area contributed by atoms with Crippen molar-refractivity contribution in [3.63, 3.8) is 0 Å². The summed E-state index contributed by atoms with van der Waals surface area (Å²) >= 11 is 0. The third-order valence-electron chi connectivity index (χ3n) is 13.0. The maximum Gasteiger partial charge on any atom is 0.252 e. The van der Waals surface area contributed by atoms with E-state index in [0.717, 1.165) is 0 Å². The van der Waals surface area contributed by atoms with Gasteiger partial charge in [-0.1, -0.05) is 131 Å². The highest BCUT2D eigenvalue weighted by molar-refractivity contribution is 8.34. The fourth-order valence-electron chi connectivity index (χ4n) is 10.1. The predicted octanol–water partition coefficient (Wildman–Crippen LogP) is 14.3. The molecule has 2 nitrogen and oxygen atoms in total. The zero-order chi connectivity index (χ0) is 42.0. The molecule has 0 saturated heterocycles. The summed E-state index contributed by atoms with van der Waals surface area (Å²) in [6, 6.07) is 69.5. The lowest BCUT2D eigenvalue weighted by molar-refractivity contribution is 0.866. The van der Waals surface area contributed by atoms with Crippen LogP contribution in [0.15, 0.2) is 202 Å². The lowest BCUT2D eigenvalue weighted by atomic mass is 9.33. The van der Waals surface area contributed by atoms with E-state index in [2.05, 4.69) is 240 Å². The molecule has 2 aliphatic rings. The Balaban J connectivity index is 1.34. The van der Waals surface area contributed by atoms with Crippen LogP contribution in [0.3, 0.4) is 0 Å². The molecule has 10 rings (SSSR count). The Bertz CT molecular complexity index is 2790. The number of para-hydroxylation sites is 1. The van der Waals surface area contributed by atoms with Gasteiger partial charge in [-0.25, -0.2) is 0 Å². The van der Waals surface area contributed by atoms with E-state index in [1.165, 1.54) is 97.9 Å². The topological polar surface area (TPSA) is 6.48 Å². The fraction of sp³-hybridized carbons (Fsp3) is 0.158.